The summed E-state index contributed by atoms with van der Waals surface area (Å²) in [5.74, 6) is 0.664. The van der Waals surface area contributed by atoms with E-state index in [0.29, 0.717) is 5.92 Å². The van der Waals surface area contributed by atoms with Gasteiger partial charge in [-0.1, -0.05) is 26.0 Å². The molecule has 0 aliphatic rings. The number of thiazole rings is 2. The van der Waals surface area contributed by atoms with Gasteiger partial charge in [-0.15, -0.1) is 22.7 Å². The highest BCUT2D eigenvalue weighted by Crippen LogP contribution is 2.25. The molecule has 0 aliphatic carbocycles. The molecular weight excluding hydrogens is 272 g/mol. The van der Waals surface area contributed by atoms with Crippen molar-refractivity contribution in [3.05, 3.63) is 45.4 Å². The number of benzene rings is 1. The maximum absolute atomic E-state index is 4.70. The second-order valence-corrected chi connectivity index (χ2v) is 7.14. The number of rotatable bonds is 4. The predicted octanol–water partition coefficient (Wildman–Crippen LogP) is 4.54. The van der Waals surface area contributed by atoms with Crippen LogP contribution < -0.4 is 0 Å². The number of hydrogen-bond acceptors (Lipinski definition) is 4. The Morgan fingerprint density at radius 1 is 1.11 bits per heavy atom. The highest BCUT2D eigenvalue weighted by Gasteiger charge is 2.08. The average Bonchev–Trinajstić information content (AvgIpc) is 2.94. The highest BCUT2D eigenvalue weighted by atomic mass is 32.1. The maximum atomic E-state index is 4.70. The van der Waals surface area contributed by atoms with Crippen molar-refractivity contribution in [3.63, 3.8) is 0 Å². The monoisotopic (exact) mass is 288 g/mol. The van der Waals surface area contributed by atoms with Crippen molar-refractivity contribution >= 4 is 32.9 Å². The van der Waals surface area contributed by atoms with E-state index in [0.717, 1.165) is 23.4 Å². The molecule has 0 radical (unpaired) electrons. The fourth-order valence-corrected chi connectivity index (χ4v) is 3.94. The van der Waals surface area contributed by atoms with Crippen LogP contribution in [0.3, 0.4) is 0 Å². The van der Waals surface area contributed by atoms with E-state index in [4.69, 9.17) is 4.98 Å². The molecule has 2 nitrogen and oxygen atoms in total. The zero-order valence-electron chi connectivity index (χ0n) is 11.1. The van der Waals surface area contributed by atoms with Gasteiger partial charge in [0.05, 0.1) is 27.3 Å². The van der Waals surface area contributed by atoms with Gasteiger partial charge in [-0.05, 0) is 24.5 Å². The molecule has 2 aromatic heterocycles. The molecule has 0 spiro atoms. The Morgan fingerprint density at radius 3 is 2.74 bits per heavy atom. The van der Waals surface area contributed by atoms with Crippen LogP contribution in [0.4, 0.5) is 0 Å². The minimum Gasteiger partial charge on any atom is -0.246 e. The largest absolute Gasteiger partial charge is 0.246 e. The summed E-state index contributed by atoms with van der Waals surface area (Å²) in [6.07, 6.45) is 1.93. The minimum atomic E-state index is 0.664. The number of aromatic nitrogens is 2. The van der Waals surface area contributed by atoms with E-state index >= 15 is 0 Å². The average molecular weight is 288 g/mol. The van der Waals surface area contributed by atoms with Gasteiger partial charge in [0, 0.05) is 5.38 Å². The predicted molar refractivity (Wildman–Crippen MR) is 83.1 cm³/mol. The standard InChI is InChI=1S/C15H16N2S2/c1-10(2)7-11-9-18-14(16-11)8-15-17-12-5-3-4-6-13(12)19-15/h3-6,9-10H,7-8H2,1-2H3. The maximum Gasteiger partial charge on any atom is 0.101 e. The van der Waals surface area contributed by atoms with Crippen LogP contribution in [0.2, 0.25) is 0 Å². The quantitative estimate of drug-likeness (QED) is 0.704. The first kappa shape index (κ1) is 12.8. The Bertz CT molecular complexity index is 649. The van der Waals surface area contributed by atoms with E-state index in [1.54, 1.807) is 22.7 Å². The summed E-state index contributed by atoms with van der Waals surface area (Å²) < 4.78 is 1.26. The topological polar surface area (TPSA) is 25.8 Å². The second-order valence-electron chi connectivity index (χ2n) is 5.08. The summed E-state index contributed by atoms with van der Waals surface area (Å²) in [4.78, 5) is 9.36. The summed E-state index contributed by atoms with van der Waals surface area (Å²) in [5, 5.41) is 4.52. The van der Waals surface area contributed by atoms with Crippen LogP contribution >= 0.6 is 22.7 Å². The van der Waals surface area contributed by atoms with Crippen molar-refractivity contribution in [2.45, 2.75) is 26.7 Å². The van der Waals surface area contributed by atoms with Crippen LogP contribution in [-0.2, 0) is 12.8 Å². The molecule has 0 aliphatic heterocycles. The third kappa shape index (κ3) is 3.01. The zero-order chi connectivity index (χ0) is 13.2. The van der Waals surface area contributed by atoms with Crippen LogP contribution in [0.1, 0.15) is 29.6 Å². The first-order valence-corrected chi connectivity index (χ1v) is 8.18. The number of para-hydroxylation sites is 1. The van der Waals surface area contributed by atoms with Gasteiger partial charge < -0.3 is 0 Å². The van der Waals surface area contributed by atoms with Gasteiger partial charge in [-0.3, -0.25) is 0 Å². The molecule has 0 bridgehead atoms. The zero-order valence-corrected chi connectivity index (χ0v) is 12.7. The second kappa shape index (κ2) is 5.39. The fourth-order valence-electron chi connectivity index (χ4n) is 2.07. The van der Waals surface area contributed by atoms with Crippen LogP contribution in [0, 0.1) is 5.92 Å². The van der Waals surface area contributed by atoms with E-state index in [-0.39, 0.29) is 0 Å². The third-order valence-corrected chi connectivity index (χ3v) is 4.79. The van der Waals surface area contributed by atoms with E-state index in [1.165, 1.54) is 15.4 Å². The Hall–Kier alpha value is -1.26. The Labute approximate surface area is 121 Å². The van der Waals surface area contributed by atoms with Gasteiger partial charge in [0.1, 0.15) is 5.01 Å². The molecule has 2 heterocycles. The van der Waals surface area contributed by atoms with Crippen LogP contribution in [0.25, 0.3) is 10.2 Å². The van der Waals surface area contributed by atoms with Gasteiger partial charge in [0.25, 0.3) is 0 Å². The van der Waals surface area contributed by atoms with Gasteiger partial charge in [-0.25, -0.2) is 9.97 Å². The molecule has 0 fully saturated rings. The van der Waals surface area contributed by atoms with Crippen LogP contribution in [-0.4, -0.2) is 9.97 Å². The van der Waals surface area contributed by atoms with Gasteiger partial charge in [-0.2, -0.15) is 0 Å². The van der Waals surface area contributed by atoms with Gasteiger partial charge in [0.15, 0.2) is 0 Å². The van der Waals surface area contributed by atoms with Crippen molar-refractivity contribution in [1.82, 2.24) is 9.97 Å². The molecule has 0 atom stereocenters. The molecule has 0 unspecified atom stereocenters. The lowest BCUT2D eigenvalue weighted by molar-refractivity contribution is 0.637. The summed E-state index contributed by atoms with van der Waals surface area (Å²) >= 11 is 3.52. The molecule has 0 saturated carbocycles. The summed E-state index contributed by atoms with van der Waals surface area (Å²) in [6.45, 7) is 4.46. The molecule has 19 heavy (non-hydrogen) atoms. The van der Waals surface area contributed by atoms with Crippen molar-refractivity contribution in [1.29, 1.82) is 0 Å². The first-order valence-electron chi connectivity index (χ1n) is 6.48. The summed E-state index contributed by atoms with van der Waals surface area (Å²) in [7, 11) is 0. The Kier molecular flexibility index (Phi) is 3.62. The summed E-state index contributed by atoms with van der Waals surface area (Å²) in [5.41, 5.74) is 2.32. The van der Waals surface area contributed by atoms with Crippen molar-refractivity contribution in [3.8, 4) is 0 Å². The first-order chi connectivity index (χ1) is 9.20. The van der Waals surface area contributed by atoms with Crippen molar-refractivity contribution in [2.75, 3.05) is 0 Å². The molecule has 0 saturated heterocycles. The van der Waals surface area contributed by atoms with Crippen molar-refractivity contribution < 1.29 is 0 Å². The minimum absolute atomic E-state index is 0.664. The third-order valence-electron chi connectivity index (χ3n) is 2.86. The smallest absolute Gasteiger partial charge is 0.101 e. The molecule has 98 valence electrons. The van der Waals surface area contributed by atoms with Crippen molar-refractivity contribution in [2.24, 2.45) is 5.92 Å². The molecular formula is C15H16N2S2. The molecule has 3 rings (SSSR count). The lowest BCUT2D eigenvalue weighted by Crippen LogP contribution is -1.95. The van der Waals surface area contributed by atoms with E-state index in [1.807, 2.05) is 6.07 Å². The molecule has 3 aromatic rings. The summed E-state index contributed by atoms with van der Waals surface area (Å²) in [6, 6.07) is 8.30. The normalized spacial score (nSPS) is 11.5. The molecule has 1 aromatic carbocycles. The van der Waals surface area contributed by atoms with E-state index < -0.39 is 0 Å². The van der Waals surface area contributed by atoms with Gasteiger partial charge >= 0.3 is 0 Å². The SMILES string of the molecule is CC(C)Cc1csc(Cc2nc3ccccc3s2)n1. The highest BCUT2D eigenvalue weighted by molar-refractivity contribution is 7.18. The lowest BCUT2D eigenvalue weighted by Gasteiger charge is -1.98. The Balaban J connectivity index is 1.78. The lowest BCUT2D eigenvalue weighted by atomic mass is 10.1. The molecule has 0 N–H and O–H groups in total. The van der Waals surface area contributed by atoms with Crippen LogP contribution in [0.5, 0.6) is 0 Å². The van der Waals surface area contributed by atoms with Crippen LogP contribution in [0.15, 0.2) is 29.6 Å². The number of fused-ring (bicyclic) bond motifs is 1. The van der Waals surface area contributed by atoms with E-state index in [9.17, 15) is 0 Å². The van der Waals surface area contributed by atoms with E-state index in [2.05, 4.69) is 42.4 Å². The molecule has 0 amide bonds. The molecule has 4 heteroatoms. The number of nitrogens with zero attached hydrogens (tertiary/aromatic N) is 2. The van der Waals surface area contributed by atoms with Gasteiger partial charge in [0.2, 0.25) is 0 Å². The fraction of sp³-hybridized carbons (Fsp3) is 0.333. The Morgan fingerprint density at radius 2 is 1.95 bits per heavy atom. The number of hydrogen-bond donors (Lipinski definition) is 0.